The van der Waals surface area contributed by atoms with Gasteiger partial charge in [0.1, 0.15) is 11.6 Å². The van der Waals surface area contributed by atoms with Crippen molar-refractivity contribution in [3.63, 3.8) is 0 Å². The summed E-state index contributed by atoms with van der Waals surface area (Å²) in [7, 11) is 4.90. The molecule has 0 aliphatic carbocycles. The predicted molar refractivity (Wildman–Crippen MR) is 148 cm³/mol. The number of halogens is 1. The third-order valence-electron chi connectivity index (χ3n) is 6.98. The normalized spacial score (nSPS) is 11.4. The fourth-order valence-electron chi connectivity index (χ4n) is 4.95. The molecule has 39 heavy (non-hydrogen) atoms. The van der Waals surface area contributed by atoms with Crippen LogP contribution in [0.2, 0.25) is 0 Å². The van der Waals surface area contributed by atoms with Crippen LogP contribution >= 0.6 is 0 Å². The number of aromatic amines is 1. The summed E-state index contributed by atoms with van der Waals surface area (Å²) < 4.78 is 19.8. The van der Waals surface area contributed by atoms with Crippen molar-refractivity contribution < 1.29 is 9.18 Å². The standard InChI is InChI=1S/C29H23FN6O3/c1-31-28(38)20-7-4-16(12-21(20)30)17-5-8-23-22(13-17)33-27(18-10-11-32-26(37)14-18)36(23)19-6-9-24-25(15-19)35(3)29(39)34(24)2/h4-15H,1-3H3,(H,31,38)(H,32,37). The number of benzene rings is 3. The van der Waals surface area contributed by atoms with Gasteiger partial charge in [0, 0.05) is 44.7 Å². The molecule has 6 rings (SSSR count). The molecular weight excluding hydrogens is 499 g/mol. The summed E-state index contributed by atoms with van der Waals surface area (Å²) in [5.74, 6) is -0.582. The van der Waals surface area contributed by atoms with Crippen molar-refractivity contribution in [2.45, 2.75) is 0 Å². The Labute approximate surface area is 220 Å². The number of H-pyrrole nitrogens is 1. The fourth-order valence-corrected chi connectivity index (χ4v) is 4.95. The molecule has 0 bridgehead atoms. The summed E-state index contributed by atoms with van der Waals surface area (Å²) >= 11 is 0. The summed E-state index contributed by atoms with van der Waals surface area (Å²) in [4.78, 5) is 44.1. The minimum Gasteiger partial charge on any atom is -0.355 e. The van der Waals surface area contributed by atoms with Crippen LogP contribution in [0.5, 0.6) is 0 Å². The van der Waals surface area contributed by atoms with Crippen molar-refractivity contribution in [1.29, 1.82) is 0 Å². The Bertz CT molecular complexity index is 2060. The molecule has 6 aromatic rings. The van der Waals surface area contributed by atoms with Crippen molar-refractivity contribution >= 4 is 28.0 Å². The molecule has 3 heterocycles. The Morgan fingerprint density at radius 1 is 0.846 bits per heavy atom. The number of fused-ring (bicyclic) bond motifs is 2. The van der Waals surface area contributed by atoms with Gasteiger partial charge < -0.3 is 10.3 Å². The van der Waals surface area contributed by atoms with E-state index in [9.17, 15) is 18.8 Å². The number of nitrogens with one attached hydrogen (secondary N) is 2. The smallest absolute Gasteiger partial charge is 0.328 e. The number of imidazole rings is 2. The molecular formula is C29H23FN6O3. The number of pyridine rings is 1. The second-order valence-corrected chi connectivity index (χ2v) is 9.26. The van der Waals surface area contributed by atoms with E-state index in [1.807, 2.05) is 41.0 Å². The number of carbonyl (C=O) groups is 1. The average molecular weight is 523 g/mol. The number of amides is 1. The Morgan fingerprint density at radius 3 is 2.31 bits per heavy atom. The molecule has 0 spiro atoms. The zero-order valence-corrected chi connectivity index (χ0v) is 21.3. The Hall–Kier alpha value is -5.25. The molecule has 1 amide bonds. The third kappa shape index (κ3) is 3.84. The highest BCUT2D eigenvalue weighted by Gasteiger charge is 2.18. The molecule has 0 saturated carbocycles. The van der Waals surface area contributed by atoms with Gasteiger partial charge in [-0.15, -0.1) is 0 Å². The number of rotatable bonds is 4. The van der Waals surface area contributed by atoms with Crippen molar-refractivity contribution in [3.05, 3.63) is 105 Å². The molecule has 194 valence electrons. The van der Waals surface area contributed by atoms with Crippen molar-refractivity contribution in [3.8, 4) is 28.2 Å². The van der Waals surface area contributed by atoms with Crippen molar-refractivity contribution in [2.75, 3.05) is 7.05 Å². The van der Waals surface area contributed by atoms with E-state index in [0.29, 0.717) is 28.0 Å². The van der Waals surface area contributed by atoms with E-state index in [2.05, 4.69) is 10.3 Å². The second-order valence-electron chi connectivity index (χ2n) is 9.26. The SMILES string of the molecule is CNC(=O)c1ccc(-c2ccc3c(c2)nc(-c2cc[nH]c(=O)c2)n3-c2ccc3c(c2)n(C)c(=O)n3C)cc1F. The number of hydrogen-bond donors (Lipinski definition) is 2. The zero-order chi connectivity index (χ0) is 27.4. The topological polar surface area (TPSA) is 107 Å². The van der Waals surface area contributed by atoms with Crippen LogP contribution in [-0.2, 0) is 14.1 Å². The lowest BCUT2D eigenvalue weighted by molar-refractivity contribution is 0.0959. The Morgan fingerprint density at radius 2 is 1.56 bits per heavy atom. The first-order valence-corrected chi connectivity index (χ1v) is 12.2. The third-order valence-corrected chi connectivity index (χ3v) is 6.98. The van der Waals surface area contributed by atoms with Gasteiger partial charge in [0.25, 0.3) is 5.91 Å². The monoisotopic (exact) mass is 522 g/mol. The van der Waals surface area contributed by atoms with Crippen molar-refractivity contribution in [2.24, 2.45) is 14.1 Å². The number of aromatic nitrogens is 5. The number of aryl methyl sites for hydroxylation is 2. The van der Waals surface area contributed by atoms with Gasteiger partial charge in [-0.2, -0.15) is 0 Å². The van der Waals surface area contributed by atoms with Crippen LogP contribution < -0.4 is 16.6 Å². The van der Waals surface area contributed by atoms with Gasteiger partial charge in [0.2, 0.25) is 5.56 Å². The summed E-state index contributed by atoms with van der Waals surface area (Å²) in [5.41, 5.74) is 5.18. The maximum atomic E-state index is 14.7. The maximum absolute atomic E-state index is 14.7. The highest BCUT2D eigenvalue weighted by Crippen LogP contribution is 2.32. The lowest BCUT2D eigenvalue weighted by Gasteiger charge is -2.11. The van der Waals surface area contributed by atoms with E-state index >= 15 is 0 Å². The van der Waals surface area contributed by atoms with Gasteiger partial charge in [-0.05, 0) is 59.7 Å². The van der Waals surface area contributed by atoms with Gasteiger partial charge >= 0.3 is 5.69 Å². The van der Waals surface area contributed by atoms with Crippen LogP contribution in [0.4, 0.5) is 4.39 Å². The summed E-state index contributed by atoms with van der Waals surface area (Å²) in [6, 6.07) is 19.0. The largest absolute Gasteiger partial charge is 0.355 e. The van der Waals surface area contributed by atoms with Crippen LogP contribution in [0.25, 0.3) is 50.3 Å². The molecule has 2 N–H and O–H groups in total. The minimum atomic E-state index is -0.622. The van der Waals surface area contributed by atoms with Gasteiger partial charge in [0.15, 0.2) is 0 Å². The summed E-state index contributed by atoms with van der Waals surface area (Å²) in [5, 5.41) is 2.43. The molecule has 0 atom stereocenters. The van der Waals surface area contributed by atoms with Crippen LogP contribution in [-0.4, -0.2) is 36.6 Å². The fraction of sp³-hybridized carbons (Fsp3) is 0.103. The lowest BCUT2D eigenvalue weighted by atomic mass is 10.0. The van der Waals surface area contributed by atoms with E-state index in [1.54, 1.807) is 41.6 Å². The number of hydrogen-bond acceptors (Lipinski definition) is 4. The molecule has 9 nitrogen and oxygen atoms in total. The highest BCUT2D eigenvalue weighted by molar-refractivity contribution is 5.95. The highest BCUT2D eigenvalue weighted by atomic mass is 19.1. The molecule has 0 fully saturated rings. The molecule has 0 saturated heterocycles. The van der Waals surface area contributed by atoms with E-state index in [-0.39, 0.29) is 16.8 Å². The van der Waals surface area contributed by atoms with E-state index < -0.39 is 11.7 Å². The second kappa shape index (κ2) is 8.95. The van der Waals surface area contributed by atoms with E-state index in [0.717, 1.165) is 22.2 Å². The predicted octanol–water partition coefficient (Wildman–Crippen LogP) is 3.74. The first kappa shape index (κ1) is 24.1. The van der Waals surface area contributed by atoms with Gasteiger partial charge in [0.05, 0.1) is 27.6 Å². The number of carbonyl (C=O) groups excluding carboxylic acids is 1. The van der Waals surface area contributed by atoms with Crippen LogP contribution in [0.15, 0.2) is 82.5 Å². The van der Waals surface area contributed by atoms with Gasteiger partial charge in [-0.25, -0.2) is 14.2 Å². The first-order valence-electron chi connectivity index (χ1n) is 12.2. The van der Waals surface area contributed by atoms with Crippen LogP contribution in [0, 0.1) is 5.82 Å². The molecule has 3 aromatic carbocycles. The number of nitrogens with zero attached hydrogens (tertiary/aromatic N) is 4. The summed E-state index contributed by atoms with van der Waals surface area (Å²) in [6.45, 7) is 0. The molecule has 0 radical (unpaired) electrons. The van der Waals surface area contributed by atoms with E-state index in [4.69, 9.17) is 4.98 Å². The zero-order valence-electron chi connectivity index (χ0n) is 21.3. The maximum Gasteiger partial charge on any atom is 0.328 e. The molecule has 0 aliphatic heterocycles. The Kier molecular flexibility index (Phi) is 5.53. The quantitative estimate of drug-likeness (QED) is 0.368. The van der Waals surface area contributed by atoms with Crippen molar-refractivity contribution in [1.82, 2.24) is 29.0 Å². The lowest BCUT2D eigenvalue weighted by Crippen LogP contribution is -2.19. The molecule has 0 aliphatic rings. The first-order chi connectivity index (χ1) is 18.8. The molecule has 3 aromatic heterocycles. The molecule has 0 unspecified atom stereocenters. The van der Waals surface area contributed by atoms with E-state index in [1.165, 1.54) is 25.2 Å². The molecule has 10 heteroatoms. The minimum absolute atomic E-state index is 0.0334. The van der Waals surface area contributed by atoms with Gasteiger partial charge in [-0.3, -0.25) is 23.3 Å². The van der Waals surface area contributed by atoms with Gasteiger partial charge in [-0.1, -0.05) is 12.1 Å². The summed E-state index contributed by atoms with van der Waals surface area (Å²) in [6.07, 6.45) is 1.56. The Balaban J connectivity index is 1.57. The van der Waals surface area contributed by atoms with Crippen LogP contribution in [0.1, 0.15) is 10.4 Å². The van der Waals surface area contributed by atoms with Crippen LogP contribution in [0.3, 0.4) is 0 Å². The average Bonchev–Trinajstić information content (AvgIpc) is 3.43.